The summed E-state index contributed by atoms with van der Waals surface area (Å²) in [4.78, 5) is 0. The predicted molar refractivity (Wildman–Crippen MR) is 55.0 cm³/mol. The van der Waals surface area contributed by atoms with E-state index in [0.29, 0.717) is 12.0 Å². The second kappa shape index (κ2) is 4.69. The first kappa shape index (κ1) is 9.83. The fourth-order valence-corrected chi connectivity index (χ4v) is 0.999. The van der Waals surface area contributed by atoms with E-state index in [1.165, 1.54) is 0 Å². The highest BCUT2D eigenvalue weighted by Gasteiger charge is 2.09. The molecule has 0 heterocycles. The summed E-state index contributed by atoms with van der Waals surface area (Å²) >= 11 is 0. The molecule has 0 aliphatic rings. The van der Waals surface area contributed by atoms with Gasteiger partial charge < -0.3 is 15.4 Å². The third-order valence-electron chi connectivity index (χ3n) is 1.64. The molecule has 13 heavy (non-hydrogen) atoms. The van der Waals surface area contributed by atoms with E-state index in [-0.39, 0.29) is 0 Å². The van der Waals surface area contributed by atoms with Crippen LogP contribution in [0, 0.1) is 0 Å². The summed E-state index contributed by atoms with van der Waals surface area (Å²) in [7, 11) is -1.41. The molecule has 1 rings (SSSR count). The van der Waals surface area contributed by atoms with Gasteiger partial charge in [-0.25, -0.2) is 0 Å². The summed E-state index contributed by atoms with van der Waals surface area (Å²) in [6.45, 7) is 4.23. The fourth-order valence-electron chi connectivity index (χ4n) is 0.999. The molecule has 0 aliphatic heterocycles. The summed E-state index contributed by atoms with van der Waals surface area (Å²) in [5.74, 6) is 0. The average Bonchev–Trinajstić information content (AvgIpc) is 2.15. The zero-order chi connectivity index (χ0) is 9.68. The molecule has 0 fully saturated rings. The summed E-state index contributed by atoms with van der Waals surface area (Å²) in [6, 6.07) is 6.97. The molecule has 0 saturated carbocycles. The smallest absolute Gasteiger partial charge is 0.423 e. The minimum atomic E-state index is -1.41. The van der Waals surface area contributed by atoms with Crippen molar-refractivity contribution in [2.24, 2.45) is 0 Å². The molecule has 0 aliphatic carbocycles. The number of hydrogen-bond acceptors (Lipinski definition) is 3. The van der Waals surface area contributed by atoms with E-state index in [1.807, 2.05) is 6.07 Å². The molecule has 0 atom stereocenters. The Balaban J connectivity index is 2.73. The van der Waals surface area contributed by atoms with Gasteiger partial charge in [0.05, 0.1) is 0 Å². The molecule has 1 aromatic rings. The lowest BCUT2D eigenvalue weighted by Crippen LogP contribution is -2.29. The largest absolute Gasteiger partial charge is 0.488 e. The molecular formula is C9H12BNO2. The van der Waals surface area contributed by atoms with Gasteiger partial charge in [0.1, 0.15) is 0 Å². The van der Waals surface area contributed by atoms with E-state index in [9.17, 15) is 0 Å². The topological polar surface area (TPSA) is 52.5 Å². The maximum absolute atomic E-state index is 8.88. The van der Waals surface area contributed by atoms with Crippen LogP contribution in [0.1, 0.15) is 0 Å². The molecular weight excluding hydrogens is 165 g/mol. The van der Waals surface area contributed by atoms with Crippen LogP contribution in [0.4, 0.5) is 5.69 Å². The van der Waals surface area contributed by atoms with Crippen molar-refractivity contribution in [2.75, 3.05) is 11.9 Å². The van der Waals surface area contributed by atoms with Crippen LogP contribution in [0.25, 0.3) is 0 Å². The molecule has 4 heteroatoms. The van der Waals surface area contributed by atoms with Gasteiger partial charge in [-0.1, -0.05) is 18.2 Å². The van der Waals surface area contributed by atoms with Crippen LogP contribution in [-0.4, -0.2) is 23.7 Å². The Morgan fingerprint density at radius 1 is 1.46 bits per heavy atom. The number of anilines is 1. The third kappa shape index (κ3) is 2.93. The van der Waals surface area contributed by atoms with Crippen LogP contribution >= 0.6 is 0 Å². The molecule has 3 nitrogen and oxygen atoms in total. The van der Waals surface area contributed by atoms with Crippen molar-refractivity contribution in [3.8, 4) is 0 Å². The lowest BCUT2D eigenvalue weighted by atomic mass is 9.80. The van der Waals surface area contributed by atoms with Gasteiger partial charge in [-0.05, 0) is 17.6 Å². The van der Waals surface area contributed by atoms with Gasteiger partial charge in [0.2, 0.25) is 0 Å². The Labute approximate surface area is 77.9 Å². The zero-order valence-electron chi connectivity index (χ0n) is 7.27. The van der Waals surface area contributed by atoms with Gasteiger partial charge in [-0.3, -0.25) is 0 Å². The van der Waals surface area contributed by atoms with E-state index < -0.39 is 7.12 Å². The highest BCUT2D eigenvalue weighted by molar-refractivity contribution is 6.58. The van der Waals surface area contributed by atoms with Crippen molar-refractivity contribution in [1.29, 1.82) is 0 Å². The highest BCUT2D eigenvalue weighted by atomic mass is 16.4. The average molecular weight is 177 g/mol. The van der Waals surface area contributed by atoms with Gasteiger partial charge in [0.15, 0.2) is 0 Å². The third-order valence-corrected chi connectivity index (χ3v) is 1.64. The van der Waals surface area contributed by atoms with E-state index in [4.69, 9.17) is 10.0 Å². The first-order chi connectivity index (χ1) is 6.24. The highest BCUT2D eigenvalue weighted by Crippen LogP contribution is 2.02. The quantitative estimate of drug-likeness (QED) is 0.447. The summed E-state index contributed by atoms with van der Waals surface area (Å²) < 4.78 is 0. The summed E-state index contributed by atoms with van der Waals surface area (Å²) in [5, 5.41) is 20.8. The molecule has 0 saturated heterocycles. The van der Waals surface area contributed by atoms with Gasteiger partial charge >= 0.3 is 7.12 Å². The normalized spacial score (nSPS) is 9.38. The Morgan fingerprint density at radius 2 is 2.23 bits per heavy atom. The van der Waals surface area contributed by atoms with Gasteiger partial charge in [0.25, 0.3) is 0 Å². The fraction of sp³-hybridized carbons (Fsp3) is 0.111. The molecule has 1 aromatic carbocycles. The van der Waals surface area contributed by atoms with Crippen molar-refractivity contribution < 1.29 is 10.0 Å². The van der Waals surface area contributed by atoms with Crippen molar-refractivity contribution in [3.05, 3.63) is 36.9 Å². The molecule has 0 aromatic heterocycles. The molecule has 0 radical (unpaired) electrons. The first-order valence-electron chi connectivity index (χ1n) is 4.05. The molecule has 0 amide bonds. The van der Waals surface area contributed by atoms with Crippen LogP contribution in [0.15, 0.2) is 36.9 Å². The van der Waals surface area contributed by atoms with E-state index in [0.717, 1.165) is 5.69 Å². The second-order valence-electron chi connectivity index (χ2n) is 2.67. The summed E-state index contributed by atoms with van der Waals surface area (Å²) in [5.41, 5.74) is 1.33. The Hall–Kier alpha value is -1.26. The first-order valence-corrected chi connectivity index (χ1v) is 4.05. The van der Waals surface area contributed by atoms with Crippen molar-refractivity contribution >= 4 is 18.3 Å². The molecule has 0 unspecified atom stereocenters. The van der Waals surface area contributed by atoms with E-state index in [1.54, 1.807) is 24.3 Å². The molecule has 68 valence electrons. The zero-order valence-corrected chi connectivity index (χ0v) is 7.27. The number of rotatable bonds is 4. The van der Waals surface area contributed by atoms with Crippen LogP contribution in [0.5, 0.6) is 0 Å². The van der Waals surface area contributed by atoms with Gasteiger partial charge in [-0.15, -0.1) is 6.58 Å². The second-order valence-corrected chi connectivity index (χ2v) is 2.67. The van der Waals surface area contributed by atoms with Crippen molar-refractivity contribution in [1.82, 2.24) is 0 Å². The predicted octanol–water partition coefficient (Wildman–Crippen LogP) is -0.0357. The maximum atomic E-state index is 8.88. The van der Waals surface area contributed by atoms with Crippen LogP contribution in [-0.2, 0) is 0 Å². The minimum Gasteiger partial charge on any atom is -0.423 e. The monoisotopic (exact) mass is 177 g/mol. The van der Waals surface area contributed by atoms with Crippen LogP contribution in [0.3, 0.4) is 0 Å². The van der Waals surface area contributed by atoms with Crippen LogP contribution < -0.4 is 10.8 Å². The SMILES string of the molecule is C=CCNc1cccc(B(O)O)c1. The van der Waals surface area contributed by atoms with Crippen molar-refractivity contribution in [3.63, 3.8) is 0 Å². The Bertz CT molecular complexity index is 289. The number of benzene rings is 1. The van der Waals surface area contributed by atoms with Gasteiger partial charge in [-0.2, -0.15) is 0 Å². The molecule has 0 spiro atoms. The summed E-state index contributed by atoms with van der Waals surface area (Å²) in [6.07, 6.45) is 1.74. The number of hydrogen-bond donors (Lipinski definition) is 3. The minimum absolute atomic E-state index is 0.481. The maximum Gasteiger partial charge on any atom is 0.488 e. The standard InChI is InChI=1S/C9H12BNO2/c1-2-6-11-9-5-3-4-8(7-9)10(12)13/h2-5,7,11-13H,1,6H2. The number of nitrogens with one attached hydrogen (secondary N) is 1. The molecule has 0 bridgehead atoms. The Kier molecular flexibility index (Phi) is 3.55. The van der Waals surface area contributed by atoms with E-state index >= 15 is 0 Å². The molecule has 3 N–H and O–H groups in total. The lowest BCUT2D eigenvalue weighted by molar-refractivity contribution is 0.426. The Morgan fingerprint density at radius 3 is 2.85 bits per heavy atom. The van der Waals surface area contributed by atoms with Gasteiger partial charge in [0, 0.05) is 12.2 Å². The van der Waals surface area contributed by atoms with Crippen LogP contribution in [0.2, 0.25) is 0 Å². The van der Waals surface area contributed by atoms with Crippen molar-refractivity contribution in [2.45, 2.75) is 0 Å². The van der Waals surface area contributed by atoms with E-state index in [2.05, 4.69) is 11.9 Å². The lowest BCUT2D eigenvalue weighted by Gasteiger charge is -2.05.